The van der Waals surface area contributed by atoms with E-state index in [1.807, 2.05) is 37.9 Å². The second-order valence-corrected chi connectivity index (χ2v) is 6.87. The molecule has 2 aromatic carbocycles. The monoisotopic (exact) mass is 380 g/mol. The number of likely N-dealkylation sites (N-methyl/N-ethyl adjacent to an activating group) is 1. The fraction of sp³-hybridized carbons (Fsp3) is 0.316. The van der Waals surface area contributed by atoms with Crippen molar-refractivity contribution in [3.63, 3.8) is 0 Å². The molecule has 0 saturated heterocycles. The first-order valence-corrected chi connectivity index (χ1v) is 8.74. The SMILES string of the molecule is Cc1cc(C)cc(OCCN(C)CC(=O)Nc2c(Cl)cccc2Cl)c1. The highest BCUT2D eigenvalue weighted by Gasteiger charge is 2.11. The van der Waals surface area contributed by atoms with Gasteiger partial charge in [-0.25, -0.2) is 0 Å². The number of rotatable bonds is 7. The number of amides is 1. The van der Waals surface area contributed by atoms with Gasteiger partial charge in [0.05, 0.1) is 22.3 Å². The Morgan fingerprint density at radius 1 is 1.12 bits per heavy atom. The molecule has 1 amide bonds. The Morgan fingerprint density at radius 3 is 2.32 bits per heavy atom. The van der Waals surface area contributed by atoms with Crippen molar-refractivity contribution in [2.45, 2.75) is 13.8 Å². The molecule has 134 valence electrons. The molecule has 0 saturated carbocycles. The number of anilines is 1. The highest BCUT2D eigenvalue weighted by atomic mass is 35.5. The van der Waals surface area contributed by atoms with Crippen molar-refractivity contribution in [2.75, 3.05) is 32.1 Å². The van der Waals surface area contributed by atoms with Crippen LogP contribution in [0.4, 0.5) is 5.69 Å². The Morgan fingerprint density at radius 2 is 1.72 bits per heavy atom. The van der Waals surface area contributed by atoms with Crippen LogP contribution in [0.5, 0.6) is 5.75 Å². The first kappa shape index (κ1) is 19.6. The van der Waals surface area contributed by atoms with Crippen LogP contribution >= 0.6 is 23.2 Å². The van der Waals surface area contributed by atoms with Crippen molar-refractivity contribution in [3.8, 4) is 5.75 Å². The van der Waals surface area contributed by atoms with E-state index >= 15 is 0 Å². The summed E-state index contributed by atoms with van der Waals surface area (Å²) in [4.78, 5) is 14.0. The van der Waals surface area contributed by atoms with E-state index in [0.717, 1.165) is 5.75 Å². The molecule has 0 aliphatic rings. The molecule has 0 unspecified atom stereocenters. The minimum Gasteiger partial charge on any atom is -0.492 e. The maximum Gasteiger partial charge on any atom is 0.238 e. The third-order valence-electron chi connectivity index (χ3n) is 3.58. The van der Waals surface area contributed by atoms with Gasteiger partial charge >= 0.3 is 0 Å². The zero-order valence-corrected chi connectivity index (χ0v) is 16.1. The molecule has 0 aromatic heterocycles. The number of halogens is 2. The van der Waals surface area contributed by atoms with E-state index in [1.54, 1.807) is 18.2 Å². The van der Waals surface area contributed by atoms with Crippen LogP contribution in [0, 0.1) is 13.8 Å². The Bertz CT molecular complexity index is 710. The Hall–Kier alpha value is -1.75. The summed E-state index contributed by atoms with van der Waals surface area (Å²) >= 11 is 12.1. The number of aryl methyl sites for hydroxylation is 2. The molecule has 0 spiro atoms. The molecule has 1 N–H and O–H groups in total. The van der Waals surface area contributed by atoms with Crippen molar-refractivity contribution < 1.29 is 9.53 Å². The molecule has 0 heterocycles. The summed E-state index contributed by atoms with van der Waals surface area (Å²) in [6.07, 6.45) is 0. The van der Waals surface area contributed by atoms with Crippen molar-refractivity contribution in [1.82, 2.24) is 4.90 Å². The minimum absolute atomic E-state index is 0.177. The molecular formula is C19H22Cl2N2O2. The molecule has 25 heavy (non-hydrogen) atoms. The lowest BCUT2D eigenvalue weighted by atomic mass is 10.1. The lowest BCUT2D eigenvalue weighted by Crippen LogP contribution is -2.33. The van der Waals surface area contributed by atoms with Crippen molar-refractivity contribution >= 4 is 34.8 Å². The van der Waals surface area contributed by atoms with Crippen LogP contribution in [0.25, 0.3) is 0 Å². The normalized spacial score (nSPS) is 10.8. The molecular weight excluding hydrogens is 359 g/mol. The highest BCUT2D eigenvalue weighted by Crippen LogP contribution is 2.29. The minimum atomic E-state index is -0.177. The van der Waals surface area contributed by atoms with Crippen LogP contribution in [0.1, 0.15) is 11.1 Å². The van der Waals surface area contributed by atoms with Gasteiger partial charge in [0, 0.05) is 6.54 Å². The predicted molar refractivity (Wildman–Crippen MR) is 104 cm³/mol. The smallest absolute Gasteiger partial charge is 0.238 e. The maximum absolute atomic E-state index is 12.1. The standard InChI is InChI=1S/C19H22Cl2N2O2/c1-13-9-14(2)11-15(10-13)25-8-7-23(3)12-18(24)22-19-16(20)5-4-6-17(19)21/h4-6,9-11H,7-8,12H2,1-3H3,(H,22,24). The van der Waals surface area contributed by atoms with Crippen LogP contribution in [0.2, 0.25) is 10.0 Å². The number of para-hydroxylation sites is 1. The first-order valence-electron chi connectivity index (χ1n) is 7.98. The van der Waals surface area contributed by atoms with Crippen molar-refractivity contribution in [1.29, 1.82) is 0 Å². The average Bonchev–Trinajstić information content (AvgIpc) is 2.50. The molecule has 6 heteroatoms. The second-order valence-electron chi connectivity index (χ2n) is 6.05. The van der Waals surface area contributed by atoms with Crippen LogP contribution in [-0.4, -0.2) is 37.6 Å². The average molecular weight is 381 g/mol. The fourth-order valence-electron chi connectivity index (χ4n) is 2.46. The topological polar surface area (TPSA) is 41.6 Å². The van der Waals surface area contributed by atoms with Gasteiger partial charge in [0.2, 0.25) is 5.91 Å². The quantitative estimate of drug-likeness (QED) is 0.765. The van der Waals surface area contributed by atoms with E-state index in [9.17, 15) is 4.79 Å². The van der Waals surface area contributed by atoms with E-state index < -0.39 is 0 Å². The molecule has 0 fully saturated rings. The number of nitrogens with zero attached hydrogens (tertiary/aromatic N) is 1. The molecule has 2 rings (SSSR count). The molecule has 0 bridgehead atoms. The number of benzene rings is 2. The van der Waals surface area contributed by atoms with Gasteiger partial charge in [0.25, 0.3) is 0 Å². The lowest BCUT2D eigenvalue weighted by molar-refractivity contribution is -0.117. The highest BCUT2D eigenvalue weighted by molar-refractivity contribution is 6.39. The number of carbonyl (C=O) groups is 1. The second kappa shape index (κ2) is 9.09. The fourth-order valence-corrected chi connectivity index (χ4v) is 2.95. The van der Waals surface area contributed by atoms with Gasteiger partial charge in [-0.15, -0.1) is 0 Å². The van der Waals surface area contributed by atoms with E-state index in [2.05, 4.69) is 11.4 Å². The van der Waals surface area contributed by atoms with Crippen LogP contribution < -0.4 is 10.1 Å². The zero-order chi connectivity index (χ0) is 18.4. The van der Waals surface area contributed by atoms with Gasteiger partial charge in [-0.3, -0.25) is 9.69 Å². The van der Waals surface area contributed by atoms with Crippen molar-refractivity contribution in [2.24, 2.45) is 0 Å². The van der Waals surface area contributed by atoms with Crippen LogP contribution in [0.15, 0.2) is 36.4 Å². The van der Waals surface area contributed by atoms with E-state index in [1.165, 1.54) is 11.1 Å². The predicted octanol–water partition coefficient (Wildman–Crippen LogP) is 4.56. The van der Waals surface area contributed by atoms with Crippen LogP contribution in [0.3, 0.4) is 0 Å². The van der Waals surface area contributed by atoms with Gasteiger partial charge in [-0.05, 0) is 56.3 Å². The van der Waals surface area contributed by atoms with Gasteiger partial charge in [0.15, 0.2) is 0 Å². The Kier molecular flexibility index (Phi) is 7.12. The Labute approximate surface area is 158 Å². The molecule has 2 aromatic rings. The first-order chi connectivity index (χ1) is 11.8. The number of nitrogens with one attached hydrogen (secondary N) is 1. The summed E-state index contributed by atoms with van der Waals surface area (Å²) in [6.45, 7) is 5.42. The summed E-state index contributed by atoms with van der Waals surface area (Å²) in [5.41, 5.74) is 2.77. The summed E-state index contributed by atoms with van der Waals surface area (Å²) in [5, 5.41) is 3.58. The molecule has 0 radical (unpaired) electrons. The number of hydrogen-bond acceptors (Lipinski definition) is 3. The van der Waals surface area contributed by atoms with Crippen molar-refractivity contribution in [3.05, 3.63) is 57.6 Å². The molecule has 0 aliphatic heterocycles. The molecule has 0 aliphatic carbocycles. The van der Waals surface area contributed by atoms with Gasteiger partial charge in [0.1, 0.15) is 12.4 Å². The zero-order valence-electron chi connectivity index (χ0n) is 14.6. The Balaban J connectivity index is 1.79. The summed E-state index contributed by atoms with van der Waals surface area (Å²) in [7, 11) is 1.86. The maximum atomic E-state index is 12.1. The largest absolute Gasteiger partial charge is 0.492 e. The number of ether oxygens (including phenoxy) is 1. The van der Waals surface area contributed by atoms with Crippen LogP contribution in [-0.2, 0) is 4.79 Å². The number of hydrogen-bond donors (Lipinski definition) is 1. The molecule has 4 nitrogen and oxygen atoms in total. The lowest BCUT2D eigenvalue weighted by Gasteiger charge is -2.17. The van der Waals surface area contributed by atoms with E-state index in [-0.39, 0.29) is 12.5 Å². The van der Waals surface area contributed by atoms with Gasteiger partial charge < -0.3 is 10.1 Å². The summed E-state index contributed by atoms with van der Waals surface area (Å²) in [5.74, 6) is 0.669. The van der Waals surface area contributed by atoms with Gasteiger partial charge in [-0.2, -0.15) is 0 Å². The van der Waals surface area contributed by atoms with Gasteiger partial charge in [-0.1, -0.05) is 35.3 Å². The van der Waals surface area contributed by atoms with E-state index in [4.69, 9.17) is 27.9 Å². The third-order valence-corrected chi connectivity index (χ3v) is 4.21. The molecule has 0 atom stereocenters. The summed E-state index contributed by atoms with van der Waals surface area (Å²) < 4.78 is 5.76. The van der Waals surface area contributed by atoms with E-state index in [0.29, 0.717) is 28.9 Å². The number of carbonyl (C=O) groups excluding carboxylic acids is 1. The summed E-state index contributed by atoms with van der Waals surface area (Å²) in [6, 6.07) is 11.2. The third kappa shape index (κ3) is 6.24.